The van der Waals surface area contributed by atoms with Crippen LogP contribution in [0.5, 0.6) is 5.75 Å². The van der Waals surface area contributed by atoms with E-state index in [1.54, 1.807) is 0 Å². The third-order valence-electron chi connectivity index (χ3n) is 3.73. The van der Waals surface area contributed by atoms with Crippen LogP contribution < -0.4 is 4.74 Å². The molecular formula is C14H11F6NO4. The van der Waals surface area contributed by atoms with E-state index in [0.717, 1.165) is 12.1 Å². The summed E-state index contributed by atoms with van der Waals surface area (Å²) in [4.78, 5) is 23.9. The Hall–Kier alpha value is -2.46. The number of rotatable bonds is 4. The maximum atomic E-state index is 13.1. The first kappa shape index (κ1) is 18.9. The van der Waals surface area contributed by atoms with Crippen LogP contribution in [0, 0.1) is 17.7 Å². The zero-order valence-electron chi connectivity index (χ0n) is 12.3. The second kappa shape index (κ2) is 6.81. The van der Waals surface area contributed by atoms with E-state index in [0.29, 0.717) is 11.0 Å². The first-order valence-electron chi connectivity index (χ1n) is 6.84. The number of carbonyl (C=O) groups is 2. The largest absolute Gasteiger partial charge is 0.481 e. The van der Waals surface area contributed by atoms with Crippen molar-refractivity contribution in [1.82, 2.24) is 4.90 Å². The van der Waals surface area contributed by atoms with Crippen molar-refractivity contribution in [3.63, 3.8) is 0 Å². The molecule has 0 spiro atoms. The number of aliphatic carboxylic acids is 1. The Balaban J connectivity index is 2.31. The lowest BCUT2D eigenvalue weighted by Crippen LogP contribution is -2.34. The molecule has 1 N–H and O–H groups in total. The number of carboxylic acids is 1. The van der Waals surface area contributed by atoms with E-state index in [-0.39, 0.29) is 0 Å². The Morgan fingerprint density at radius 2 is 1.88 bits per heavy atom. The average molecular weight is 371 g/mol. The van der Waals surface area contributed by atoms with Gasteiger partial charge < -0.3 is 14.7 Å². The molecule has 1 aliphatic heterocycles. The molecule has 11 heteroatoms. The number of halogens is 6. The van der Waals surface area contributed by atoms with Crippen molar-refractivity contribution in [2.24, 2.45) is 11.8 Å². The van der Waals surface area contributed by atoms with Gasteiger partial charge in [0.1, 0.15) is 11.6 Å². The summed E-state index contributed by atoms with van der Waals surface area (Å²) in [6.07, 6.45) is -4.86. The van der Waals surface area contributed by atoms with Crippen LogP contribution in [-0.2, 0) is 4.79 Å². The fraction of sp³-hybridized carbons (Fsp3) is 0.429. The number of amides is 1. The molecule has 1 aromatic carbocycles. The van der Waals surface area contributed by atoms with E-state index < -0.39 is 66.7 Å². The number of likely N-dealkylation sites (tertiary alicyclic amines) is 1. The zero-order chi connectivity index (χ0) is 18.9. The number of hydrogen-bond donors (Lipinski definition) is 1. The quantitative estimate of drug-likeness (QED) is 0.827. The van der Waals surface area contributed by atoms with Gasteiger partial charge in [-0.2, -0.15) is 22.0 Å². The molecule has 0 saturated carbocycles. The first-order valence-corrected chi connectivity index (χ1v) is 6.84. The van der Waals surface area contributed by atoms with Crippen LogP contribution in [-0.4, -0.2) is 47.8 Å². The SMILES string of the molecule is O=C(O)[C@@H]1CN(C(=O)c2ccc(F)cc2OC(F)F)C[C@H]1C(F)(F)F. The summed E-state index contributed by atoms with van der Waals surface area (Å²) in [5.41, 5.74) is -0.589. The Kier molecular flexibility index (Phi) is 5.14. The van der Waals surface area contributed by atoms with E-state index in [1.807, 2.05) is 0 Å². The highest BCUT2D eigenvalue weighted by molar-refractivity contribution is 5.97. The lowest BCUT2D eigenvalue weighted by molar-refractivity contribution is -0.187. The van der Waals surface area contributed by atoms with E-state index in [9.17, 15) is 35.9 Å². The minimum atomic E-state index is -4.86. The molecule has 1 aromatic rings. The van der Waals surface area contributed by atoms with Crippen molar-refractivity contribution >= 4 is 11.9 Å². The highest BCUT2D eigenvalue weighted by Crippen LogP contribution is 2.38. The van der Waals surface area contributed by atoms with E-state index in [1.165, 1.54) is 0 Å². The van der Waals surface area contributed by atoms with Crippen molar-refractivity contribution < 1.29 is 45.8 Å². The zero-order valence-corrected chi connectivity index (χ0v) is 12.3. The third kappa shape index (κ3) is 4.15. The Morgan fingerprint density at radius 1 is 1.24 bits per heavy atom. The van der Waals surface area contributed by atoms with Crippen molar-refractivity contribution in [3.05, 3.63) is 29.6 Å². The summed E-state index contributed by atoms with van der Waals surface area (Å²) in [5.74, 6) is -8.92. The van der Waals surface area contributed by atoms with Crippen LogP contribution in [0.25, 0.3) is 0 Å². The smallest absolute Gasteiger partial charge is 0.394 e. The van der Waals surface area contributed by atoms with Gasteiger partial charge in [-0.15, -0.1) is 0 Å². The number of hydrogen-bond acceptors (Lipinski definition) is 3. The molecule has 0 aromatic heterocycles. The number of alkyl halides is 5. The normalized spacial score (nSPS) is 20.8. The highest BCUT2D eigenvalue weighted by atomic mass is 19.4. The third-order valence-corrected chi connectivity index (χ3v) is 3.73. The molecule has 0 radical (unpaired) electrons. The molecule has 138 valence electrons. The highest BCUT2D eigenvalue weighted by Gasteiger charge is 2.53. The number of benzene rings is 1. The van der Waals surface area contributed by atoms with Crippen LogP contribution in [0.3, 0.4) is 0 Å². The summed E-state index contributed by atoms with van der Waals surface area (Å²) in [6.45, 7) is -5.10. The van der Waals surface area contributed by atoms with Gasteiger partial charge in [0, 0.05) is 19.2 Å². The van der Waals surface area contributed by atoms with Gasteiger partial charge in [0.05, 0.1) is 17.4 Å². The van der Waals surface area contributed by atoms with Gasteiger partial charge >= 0.3 is 18.8 Å². The van der Waals surface area contributed by atoms with E-state index >= 15 is 0 Å². The summed E-state index contributed by atoms with van der Waals surface area (Å²) in [6, 6.07) is 2.02. The molecule has 0 unspecified atom stereocenters. The number of nitrogens with zero attached hydrogens (tertiary/aromatic N) is 1. The Bertz CT molecular complexity index is 678. The summed E-state index contributed by atoms with van der Waals surface area (Å²) >= 11 is 0. The molecule has 1 saturated heterocycles. The maximum Gasteiger partial charge on any atom is 0.394 e. The summed E-state index contributed by atoms with van der Waals surface area (Å²) in [5, 5.41) is 8.92. The maximum absolute atomic E-state index is 13.1. The monoisotopic (exact) mass is 371 g/mol. The standard InChI is InChI=1S/C14H11F6NO4/c15-6-1-2-7(10(3-6)25-13(16)17)11(22)21-4-8(12(23)24)9(5-21)14(18,19)20/h1-3,8-9,13H,4-5H2,(H,23,24)/t8-,9-/m1/s1. The Morgan fingerprint density at radius 3 is 2.36 bits per heavy atom. The molecular weight excluding hydrogens is 360 g/mol. The van der Waals surface area contributed by atoms with Gasteiger partial charge in [-0.25, -0.2) is 4.39 Å². The average Bonchev–Trinajstić information content (AvgIpc) is 2.91. The topological polar surface area (TPSA) is 66.8 Å². The van der Waals surface area contributed by atoms with Crippen LogP contribution in [0.4, 0.5) is 26.3 Å². The molecule has 0 bridgehead atoms. The molecule has 2 atom stereocenters. The van der Waals surface area contributed by atoms with E-state index in [2.05, 4.69) is 4.74 Å². The predicted octanol–water partition coefficient (Wildman–Crippen LogP) is 2.76. The Labute approximate surface area is 136 Å². The molecule has 1 aliphatic rings. The van der Waals surface area contributed by atoms with Gasteiger partial charge in [0.2, 0.25) is 0 Å². The minimum absolute atomic E-state index is 0.491. The van der Waals surface area contributed by atoms with E-state index in [4.69, 9.17) is 5.11 Å². The molecule has 1 amide bonds. The summed E-state index contributed by atoms with van der Waals surface area (Å²) in [7, 11) is 0. The lowest BCUT2D eigenvalue weighted by atomic mass is 9.96. The minimum Gasteiger partial charge on any atom is -0.481 e. The molecule has 5 nitrogen and oxygen atoms in total. The second-order valence-electron chi connectivity index (χ2n) is 5.32. The van der Waals surface area contributed by atoms with Crippen LogP contribution in [0.15, 0.2) is 18.2 Å². The van der Waals surface area contributed by atoms with Gasteiger partial charge in [0.15, 0.2) is 0 Å². The molecule has 1 heterocycles. The van der Waals surface area contributed by atoms with Gasteiger partial charge in [-0.1, -0.05) is 0 Å². The van der Waals surface area contributed by atoms with Crippen LogP contribution in [0.1, 0.15) is 10.4 Å². The van der Waals surface area contributed by atoms with Crippen LogP contribution in [0.2, 0.25) is 0 Å². The van der Waals surface area contributed by atoms with Crippen molar-refractivity contribution in [2.75, 3.05) is 13.1 Å². The molecule has 1 fully saturated rings. The van der Waals surface area contributed by atoms with Crippen molar-refractivity contribution in [2.45, 2.75) is 12.8 Å². The van der Waals surface area contributed by atoms with Crippen LogP contribution >= 0.6 is 0 Å². The van der Waals surface area contributed by atoms with Gasteiger partial charge in [-0.05, 0) is 12.1 Å². The summed E-state index contributed by atoms with van der Waals surface area (Å²) < 4.78 is 80.7. The number of carbonyl (C=O) groups excluding carboxylic acids is 1. The van der Waals surface area contributed by atoms with Crippen molar-refractivity contribution in [1.29, 1.82) is 0 Å². The fourth-order valence-electron chi connectivity index (χ4n) is 2.59. The number of ether oxygens (including phenoxy) is 1. The van der Waals surface area contributed by atoms with Gasteiger partial charge in [-0.3, -0.25) is 9.59 Å². The molecule has 2 rings (SSSR count). The predicted molar refractivity (Wildman–Crippen MR) is 69.6 cm³/mol. The van der Waals surface area contributed by atoms with Crippen molar-refractivity contribution in [3.8, 4) is 5.75 Å². The number of carboxylic acid groups (broad SMARTS) is 1. The fourth-order valence-corrected chi connectivity index (χ4v) is 2.59. The molecule has 25 heavy (non-hydrogen) atoms. The second-order valence-corrected chi connectivity index (χ2v) is 5.32. The van der Waals surface area contributed by atoms with Gasteiger partial charge in [0.25, 0.3) is 5.91 Å². The molecule has 0 aliphatic carbocycles. The lowest BCUT2D eigenvalue weighted by Gasteiger charge is -2.19. The first-order chi connectivity index (χ1) is 11.5.